The molecular weight excluding hydrogens is 629 g/mol. The van der Waals surface area contributed by atoms with E-state index in [1.165, 1.54) is 0 Å². The highest BCUT2D eigenvalue weighted by Crippen LogP contribution is 2.26. The molecule has 7 heteroatoms. The first-order chi connectivity index (χ1) is 19.6. The molecule has 1 N–H and O–H groups in total. The summed E-state index contributed by atoms with van der Waals surface area (Å²) in [4.78, 5) is 37.1. The molecule has 232 valence electrons. The van der Waals surface area contributed by atoms with Gasteiger partial charge in [0, 0.05) is 30.7 Å². The van der Waals surface area contributed by atoms with Crippen molar-refractivity contribution in [2.45, 2.75) is 105 Å². The van der Waals surface area contributed by atoms with Crippen LogP contribution in [-0.2, 0) is 22.2 Å². The van der Waals surface area contributed by atoms with Gasteiger partial charge in [0.05, 0.1) is 6.61 Å². The van der Waals surface area contributed by atoms with E-state index < -0.39 is 11.5 Å². The van der Waals surface area contributed by atoms with Crippen molar-refractivity contribution < 1.29 is 22.2 Å². The van der Waals surface area contributed by atoms with Gasteiger partial charge in [-0.2, -0.15) is 0 Å². The van der Waals surface area contributed by atoms with Gasteiger partial charge in [0.2, 0.25) is 0 Å². The van der Waals surface area contributed by atoms with Crippen molar-refractivity contribution in [3.8, 4) is 0 Å². The van der Waals surface area contributed by atoms with E-state index in [9.17, 15) is 14.4 Å². The molecule has 0 bridgehead atoms. The second-order valence-electron chi connectivity index (χ2n) is 11.3. The molecule has 0 aliphatic carbocycles. The summed E-state index contributed by atoms with van der Waals surface area (Å²) < 4.78 is 10.9. The number of nitrogens with one attached hydrogen (secondary N) is 1. The lowest BCUT2D eigenvalue weighted by atomic mass is 9.87. The molecule has 0 aromatic carbocycles. The Kier molecular flexibility index (Phi) is 23.4. The maximum atomic E-state index is 12.7. The fourth-order valence-electron chi connectivity index (χ4n) is 3.66. The number of ether oxygens (including phenoxy) is 1. The maximum Gasteiger partial charge on any atom is 0.305 e. The minimum atomic E-state index is -0.810. The number of halogens is 1. The minimum Gasteiger partial charge on any atom is -0.465 e. The summed E-state index contributed by atoms with van der Waals surface area (Å²) in [6.45, 7) is 12.0. The molecule has 41 heavy (non-hydrogen) atoms. The van der Waals surface area contributed by atoms with Crippen LogP contribution in [0.3, 0.4) is 0 Å². The molecule has 0 aliphatic rings. The van der Waals surface area contributed by atoms with Crippen LogP contribution in [0.5, 0.6) is 0 Å². The predicted octanol–water partition coefficient (Wildman–Crippen LogP) is 8.58. The minimum absolute atomic E-state index is 0.0413. The third-order valence-corrected chi connectivity index (χ3v) is 7.24. The van der Waals surface area contributed by atoms with Gasteiger partial charge in [0.1, 0.15) is 28.8 Å². The third-order valence-electron chi connectivity index (χ3n) is 6.73. The highest BCUT2D eigenvalue weighted by Gasteiger charge is 2.37. The number of carbonyl (C=O) groups is 3. The number of hydrogen-bond donors (Lipinski definition) is 1. The summed E-state index contributed by atoms with van der Waals surface area (Å²) in [7, 11) is 0. The van der Waals surface area contributed by atoms with Gasteiger partial charge >= 0.3 is 5.97 Å². The molecule has 0 aliphatic heterocycles. The molecule has 0 radical (unpaired) electrons. The topological polar surface area (TPSA) is 81.7 Å². The van der Waals surface area contributed by atoms with E-state index in [1.807, 2.05) is 34.6 Å². The van der Waals surface area contributed by atoms with E-state index in [-0.39, 0.29) is 49.1 Å². The first kappa shape index (κ1) is 39.0. The van der Waals surface area contributed by atoms with E-state index in [4.69, 9.17) is 7.80 Å². The van der Waals surface area contributed by atoms with E-state index >= 15 is 0 Å². The molecule has 6 nitrogen and oxygen atoms in total. The monoisotopic (exact) mass is 683 g/mol. The number of Topliss-reactive ketones (excluding diaryl/α,β-unsaturated/α-hetero) is 1. The molecule has 0 aromatic heterocycles. The van der Waals surface area contributed by atoms with E-state index in [2.05, 4.69) is 73.0 Å². The van der Waals surface area contributed by atoms with Crippen LogP contribution in [0.25, 0.3) is 0 Å². The van der Waals surface area contributed by atoms with Crippen molar-refractivity contribution in [3.63, 3.8) is 0 Å². The predicted molar refractivity (Wildman–Crippen MR) is 179 cm³/mol. The number of ketones is 1. The number of allylic oxidation sites excluding steroid dienone is 10. The van der Waals surface area contributed by atoms with Crippen LogP contribution in [0.2, 0.25) is 0 Å². The molecule has 1 amide bonds. The molecular formula is C34H54INO5. The van der Waals surface area contributed by atoms with Crippen molar-refractivity contribution in [2.75, 3.05) is 13.2 Å². The van der Waals surface area contributed by atoms with Gasteiger partial charge in [0.25, 0.3) is 5.91 Å². The molecule has 0 saturated heterocycles. The van der Waals surface area contributed by atoms with Crippen LogP contribution in [0.1, 0.15) is 99.3 Å². The van der Waals surface area contributed by atoms with E-state index in [0.29, 0.717) is 12.8 Å². The molecule has 0 fully saturated rings. The Labute approximate surface area is 263 Å². The maximum absolute atomic E-state index is 12.7. The normalized spacial score (nSPS) is 14.2. The van der Waals surface area contributed by atoms with Gasteiger partial charge in [0.15, 0.2) is 6.10 Å². The van der Waals surface area contributed by atoms with Crippen LogP contribution in [0.15, 0.2) is 60.8 Å². The number of unbranched alkanes of at least 4 members (excludes halogenated alkanes) is 1. The van der Waals surface area contributed by atoms with Crippen molar-refractivity contribution in [3.05, 3.63) is 60.8 Å². The molecule has 0 saturated carbocycles. The number of amides is 1. The molecule has 0 rings (SSSR count). The van der Waals surface area contributed by atoms with Gasteiger partial charge in [-0.1, -0.05) is 102 Å². The standard InChI is InChI=1S/C34H54INO5/c1-7-8-9-10-11-12-13-14-15-16-17-18-19-20-21-22-23-24-31(38)40-27-34(5,6)32(41-35)33(39)36-26-25-30(37)29(4)28(2)3/h8-9,11-12,14-15,17-18,20-21,28-29,32H,7,10,13,16,19,22-27H2,1-6H3,(H,36,39)/b9-8-,12-11-,15-14-,18-17-,21-20-/t29?,32-/m0/s1. The van der Waals surface area contributed by atoms with Crippen LogP contribution in [-0.4, -0.2) is 36.9 Å². The number of esters is 1. The average molecular weight is 684 g/mol. The summed E-state index contributed by atoms with van der Waals surface area (Å²) in [6.07, 6.45) is 27.8. The molecule has 0 spiro atoms. The molecule has 1 unspecified atom stereocenters. The largest absolute Gasteiger partial charge is 0.465 e. The second-order valence-corrected chi connectivity index (χ2v) is 11.8. The van der Waals surface area contributed by atoms with Crippen LogP contribution in [0.4, 0.5) is 0 Å². The van der Waals surface area contributed by atoms with Crippen molar-refractivity contribution in [1.82, 2.24) is 5.32 Å². The zero-order chi connectivity index (χ0) is 30.9. The Bertz CT molecular complexity index is 886. The van der Waals surface area contributed by atoms with Crippen molar-refractivity contribution in [1.29, 1.82) is 0 Å². The first-order valence-electron chi connectivity index (χ1n) is 15.0. The van der Waals surface area contributed by atoms with Gasteiger partial charge < -0.3 is 13.1 Å². The fourth-order valence-corrected chi connectivity index (χ4v) is 4.58. The van der Waals surface area contributed by atoms with Crippen LogP contribution >= 0.6 is 23.0 Å². The molecule has 0 heterocycles. The second kappa shape index (κ2) is 24.6. The zero-order valence-electron chi connectivity index (χ0n) is 26.2. The Hall–Kier alpha value is -2.00. The highest BCUT2D eigenvalue weighted by atomic mass is 127. The van der Waals surface area contributed by atoms with Gasteiger partial charge in [-0.15, -0.1) is 0 Å². The zero-order valence-corrected chi connectivity index (χ0v) is 28.4. The molecule has 2 atom stereocenters. The Morgan fingerprint density at radius 1 is 0.805 bits per heavy atom. The van der Waals surface area contributed by atoms with Crippen molar-refractivity contribution >= 4 is 40.7 Å². The summed E-state index contributed by atoms with van der Waals surface area (Å²) >= 11 is 1.70. The molecule has 0 aromatic rings. The number of rotatable bonds is 23. The first-order valence-corrected chi connectivity index (χ1v) is 15.9. The van der Waals surface area contributed by atoms with Crippen LogP contribution < -0.4 is 5.32 Å². The Morgan fingerprint density at radius 3 is 1.80 bits per heavy atom. The summed E-state index contributed by atoms with van der Waals surface area (Å²) in [6, 6.07) is 0. The summed E-state index contributed by atoms with van der Waals surface area (Å²) in [5.74, 6) is -0.245. The average Bonchev–Trinajstić information content (AvgIpc) is 2.93. The number of carbonyl (C=O) groups excluding carboxylic acids is 3. The SMILES string of the molecule is CC/C=C\C/C=C\C/C=C\C/C=C\C/C=C\CCCC(=O)OCC(C)(C)[C@@H](OI)C(=O)NCCC(=O)C(C)C(C)C. The third kappa shape index (κ3) is 20.5. The van der Waals surface area contributed by atoms with Gasteiger partial charge in [-0.05, 0) is 50.9 Å². The van der Waals surface area contributed by atoms with E-state index in [1.54, 1.807) is 23.0 Å². The van der Waals surface area contributed by atoms with E-state index in [0.717, 1.165) is 38.5 Å². The highest BCUT2D eigenvalue weighted by molar-refractivity contribution is 14.1. The fraction of sp³-hybridized carbons (Fsp3) is 0.618. The Balaban J connectivity index is 4.16. The lowest BCUT2D eigenvalue weighted by Crippen LogP contribution is -2.47. The van der Waals surface area contributed by atoms with Crippen molar-refractivity contribution in [2.24, 2.45) is 17.3 Å². The lowest BCUT2D eigenvalue weighted by Gasteiger charge is -2.30. The quantitative estimate of drug-likeness (QED) is 0.0505. The van der Waals surface area contributed by atoms with Crippen LogP contribution in [0, 0.1) is 17.3 Å². The summed E-state index contributed by atoms with van der Waals surface area (Å²) in [5, 5.41) is 2.79. The lowest BCUT2D eigenvalue weighted by molar-refractivity contribution is -0.151. The number of hydrogen-bond acceptors (Lipinski definition) is 5. The van der Waals surface area contributed by atoms with Gasteiger partial charge in [-0.25, -0.2) is 0 Å². The Morgan fingerprint density at radius 2 is 1.32 bits per heavy atom. The van der Waals surface area contributed by atoms with Gasteiger partial charge in [-0.3, -0.25) is 14.4 Å². The summed E-state index contributed by atoms with van der Waals surface area (Å²) in [5.41, 5.74) is -0.722. The smallest absolute Gasteiger partial charge is 0.305 e.